The van der Waals surface area contributed by atoms with Gasteiger partial charge in [0, 0.05) is 12.3 Å². The van der Waals surface area contributed by atoms with Crippen LogP contribution in [-0.2, 0) is 32.0 Å². The smallest absolute Gasteiger partial charge is 0.243 e. The second kappa shape index (κ2) is 17.7. The lowest BCUT2D eigenvalue weighted by Gasteiger charge is -2.29. The van der Waals surface area contributed by atoms with Gasteiger partial charge in [-0.25, -0.2) is 0 Å². The van der Waals surface area contributed by atoms with Crippen LogP contribution in [0.5, 0.6) is 0 Å². The van der Waals surface area contributed by atoms with E-state index in [1.165, 1.54) is 6.92 Å². The molecule has 5 N–H and O–H groups in total. The number of Topliss-reactive ketones (excluding diaryl/α,β-unsaturated/α-hetero) is 1. The van der Waals surface area contributed by atoms with Crippen molar-refractivity contribution in [1.82, 2.24) is 16.0 Å². The zero-order chi connectivity index (χ0) is 32.9. The summed E-state index contributed by atoms with van der Waals surface area (Å²) in [6, 6.07) is 16.1. The molecule has 0 aromatic heterocycles. The van der Waals surface area contributed by atoms with E-state index < -0.39 is 47.9 Å². The summed E-state index contributed by atoms with van der Waals surface area (Å²) in [4.78, 5) is 53.6. The SMILES string of the molecule is CC(C)C[C@H](NC(=O)[C@@H](C)CCc1ccccc1)C(=O)N[C@@H](Cc1ccccc1)C(=O)N[C@@H](CC(C)C)C(=O)C(C)(O)CO. The first-order valence-corrected chi connectivity index (χ1v) is 15.6. The van der Waals surface area contributed by atoms with E-state index in [4.69, 9.17) is 0 Å². The van der Waals surface area contributed by atoms with Gasteiger partial charge < -0.3 is 26.2 Å². The Morgan fingerprint density at radius 3 is 1.66 bits per heavy atom. The molecule has 44 heavy (non-hydrogen) atoms. The molecular formula is C35H51N3O6. The first-order chi connectivity index (χ1) is 20.7. The van der Waals surface area contributed by atoms with Crippen molar-refractivity contribution in [3.05, 3.63) is 71.8 Å². The molecule has 0 bridgehead atoms. The van der Waals surface area contributed by atoms with Crippen LogP contribution in [0, 0.1) is 17.8 Å². The second-order valence-corrected chi connectivity index (χ2v) is 12.9. The maximum Gasteiger partial charge on any atom is 0.243 e. The molecule has 2 aromatic carbocycles. The van der Waals surface area contributed by atoms with Crippen molar-refractivity contribution < 1.29 is 29.4 Å². The summed E-state index contributed by atoms with van der Waals surface area (Å²) >= 11 is 0. The van der Waals surface area contributed by atoms with E-state index >= 15 is 0 Å². The van der Waals surface area contributed by atoms with Gasteiger partial charge >= 0.3 is 0 Å². The van der Waals surface area contributed by atoms with Crippen LogP contribution in [0.1, 0.15) is 71.9 Å². The predicted octanol–water partition coefficient (Wildman–Crippen LogP) is 3.36. The Hall–Kier alpha value is -3.56. The number of rotatable bonds is 18. The number of carbonyl (C=O) groups excluding carboxylic acids is 4. The largest absolute Gasteiger partial charge is 0.393 e. The number of hydrogen-bond donors (Lipinski definition) is 5. The summed E-state index contributed by atoms with van der Waals surface area (Å²) in [6.45, 7) is 9.91. The van der Waals surface area contributed by atoms with E-state index in [2.05, 4.69) is 16.0 Å². The Labute approximate surface area is 262 Å². The molecule has 3 amide bonds. The van der Waals surface area contributed by atoms with Gasteiger partial charge in [-0.15, -0.1) is 0 Å². The molecule has 0 saturated carbocycles. The quantitative estimate of drug-likeness (QED) is 0.175. The zero-order valence-corrected chi connectivity index (χ0v) is 27.0. The number of benzene rings is 2. The van der Waals surface area contributed by atoms with Crippen molar-refractivity contribution in [3.8, 4) is 0 Å². The molecule has 0 aliphatic carbocycles. The van der Waals surface area contributed by atoms with Gasteiger partial charge in [-0.3, -0.25) is 19.2 Å². The van der Waals surface area contributed by atoms with Gasteiger partial charge in [0.25, 0.3) is 0 Å². The van der Waals surface area contributed by atoms with Crippen molar-refractivity contribution in [2.45, 2.75) is 97.4 Å². The minimum absolute atomic E-state index is 0.00424. The Kier molecular flexibility index (Phi) is 14.7. The van der Waals surface area contributed by atoms with Gasteiger partial charge in [0.1, 0.15) is 17.7 Å². The highest BCUT2D eigenvalue weighted by Crippen LogP contribution is 2.16. The van der Waals surface area contributed by atoms with Gasteiger partial charge in [-0.05, 0) is 55.6 Å². The van der Waals surface area contributed by atoms with Crippen LogP contribution in [0.3, 0.4) is 0 Å². The fourth-order valence-corrected chi connectivity index (χ4v) is 4.94. The minimum atomic E-state index is -2.03. The molecule has 242 valence electrons. The fraction of sp³-hybridized carbons (Fsp3) is 0.543. The first-order valence-electron chi connectivity index (χ1n) is 15.6. The first kappa shape index (κ1) is 36.6. The van der Waals surface area contributed by atoms with E-state index in [-0.39, 0.29) is 36.5 Å². The van der Waals surface area contributed by atoms with E-state index in [0.29, 0.717) is 12.8 Å². The molecule has 0 aliphatic heterocycles. The summed E-state index contributed by atoms with van der Waals surface area (Å²) in [5.74, 6) is -2.28. The molecular weight excluding hydrogens is 558 g/mol. The molecule has 9 nitrogen and oxygen atoms in total. The number of aryl methyl sites for hydroxylation is 1. The van der Waals surface area contributed by atoms with Crippen molar-refractivity contribution >= 4 is 23.5 Å². The summed E-state index contributed by atoms with van der Waals surface area (Å²) < 4.78 is 0. The number of aliphatic hydroxyl groups excluding tert-OH is 1. The van der Waals surface area contributed by atoms with Gasteiger partial charge in [-0.1, -0.05) is 95.3 Å². The fourth-order valence-electron chi connectivity index (χ4n) is 4.94. The number of nitrogens with one attached hydrogen (secondary N) is 3. The number of amides is 3. The highest BCUT2D eigenvalue weighted by atomic mass is 16.3. The molecule has 0 saturated heterocycles. The zero-order valence-electron chi connectivity index (χ0n) is 27.0. The number of ketones is 1. The third kappa shape index (κ3) is 12.2. The molecule has 2 aromatic rings. The molecule has 0 heterocycles. The maximum absolute atomic E-state index is 13.7. The van der Waals surface area contributed by atoms with E-state index in [0.717, 1.165) is 17.5 Å². The van der Waals surface area contributed by atoms with Crippen LogP contribution in [-0.4, -0.2) is 64.1 Å². The van der Waals surface area contributed by atoms with Crippen LogP contribution in [0.25, 0.3) is 0 Å². The second-order valence-electron chi connectivity index (χ2n) is 12.9. The Bertz CT molecular complexity index is 1200. The Morgan fingerprint density at radius 2 is 1.14 bits per heavy atom. The van der Waals surface area contributed by atoms with Crippen molar-refractivity contribution in [2.75, 3.05) is 6.61 Å². The third-order valence-electron chi connectivity index (χ3n) is 7.59. The predicted molar refractivity (Wildman–Crippen MR) is 171 cm³/mol. The lowest BCUT2D eigenvalue weighted by atomic mass is 9.90. The van der Waals surface area contributed by atoms with Crippen molar-refractivity contribution in [3.63, 3.8) is 0 Å². The molecule has 0 aliphatic rings. The van der Waals surface area contributed by atoms with Gasteiger partial charge in [0.15, 0.2) is 5.78 Å². The average Bonchev–Trinajstić information content (AvgIpc) is 2.98. The van der Waals surface area contributed by atoms with E-state index in [9.17, 15) is 29.4 Å². The molecule has 1 unspecified atom stereocenters. The van der Waals surface area contributed by atoms with Crippen LogP contribution in [0.15, 0.2) is 60.7 Å². The van der Waals surface area contributed by atoms with E-state index in [1.54, 1.807) is 0 Å². The third-order valence-corrected chi connectivity index (χ3v) is 7.59. The lowest BCUT2D eigenvalue weighted by molar-refractivity contribution is -0.144. The summed E-state index contributed by atoms with van der Waals surface area (Å²) in [5.41, 5.74) is -0.108. The lowest BCUT2D eigenvalue weighted by Crippen LogP contribution is -2.59. The maximum atomic E-state index is 13.7. The van der Waals surface area contributed by atoms with Crippen molar-refractivity contribution in [2.24, 2.45) is 17.8 Å². The van der Waals surface area contributed by atoms with Crippen LogP contribution in [0.2, 0.25) is 0 Å². The number of aliphatic hydroxyl groups is 2. The normalized spacial score (nSPS) is 15.5. The highest BCUT2D eigenvalue weighted by Gasteiger charge is 2.38. The molecule has 0 radical (unpaired) electrons. The van der Waals surface area contributed by atoms with E-state index in [1.807, 2.05) is 95.3 Å². The van der Waals surface area contributed by atoms with Crippen LogP contribution in [0.4, 0.5) is 0 Å². The van der Waals surface area contributed by atoms with Gasteiger partial charge in [0.2, 0.25) is 17.7 Å². The number of hydrogen-bond acceptors (Lipinski definition) is 6. The molecule has 0 spiro atoms. The highest BCUT2D eigenvalue weighted by molar-refractivity contribution is 5.97. The molecule has 0 fully saturated rings. The molecule has 2 rings (SSSR count). The standard InChI is InChI=1S/C35H51N3O6/c1-23(2)19-28(31(40)35(6,44)22-39)36-34(43)30(21-27-15-11-8-12-16-27)38-33(42)29(20-24(3)4)37-32(41)25(5)17-18-26-13-9-7-10-14-26/h7-16,23-25,28-30,39,44H,17-22H2,1-6H3,(H,36,43)(H,37,41)(H,38,42)/t25-,28-,29-,30-,35?/m0/s1. The Morgan fingerprint density at radius 1 is 0.682 bits per heavy atom. The summed E-state index contributed by atoms with van der Waals surface area (Å²) in [5, 5.41) is 28.5. The summed E-state index contributed by atoms with van der Waals surface area (Å²) in [6.07, 6.45) is 2.10. The topological polar surface area (TPSA) is 145 Å². The minimum Gasteiger partial charge on any atom is -0.393 e. The van der Waals surface area contributed by atoms with Crippen molar-refractivity contribution in [1.29, 1.82) is 0 Å². The van der Waals surface area contributed by atoms with Gasteiger partial charge in [0.05, 0.1) is 12.6 Å². The number of carbonyl (C=O) groups is 4. The summed E-state index contributed by atoms with van der Waals surface area (Å²) in [7, 11) is 0. The van der Waals surface area contributed by atoms with Gasteiger partial charge in [-0.2, -0.15) is 0 Å². The van der Waals surface area contributed by atoms with Crippen LogP contribution < -0.4 is 16.0 Å². The molecule has 9 heteroatoms. The molecule has 5 atom stereocenters. The Balaban J connectivity index is 2.24. The average molecular weight is 610 g/mol. The van der Waals surface area contributed by atoms with Crippen LogP contribution >= 0.6 is 0 Å². The monoisotopic (exact) mass is 609 g/mol.